The normalized spacial score (nSPS) is 18.7. The average Bonchev–Trinajstić information content (AvgIpc) is 2.61. The third kappa shape index (κ3) is 2.18. The lowest BCUT2D eigenvalue weighted by atomic mass is 9.89. The van der Waals surface area contributed by atoms with E-state index in [-0.39, 0.29) is 0 Å². The van der Waals surface area contributed by atoms with Crippen molar-refractivity contribution in [2.45, 2.75) is 44.6 Å². The summed E-state index contributed by atoms with van der Waals surface area (Å²) in [7, 11) is 0. The van der Waals surface area contributed by atoms with Gasteiger partial charge in [-0.2, -0.15) is 0 Å². The summed E-state index contributed by atoms with van der Waals surface area (Å²) in [5.41, 5.74) is 5.59. The van der Waals surface area contributed by atoms with Crippen molar-refractivity contribution in [1.82, 2.24) is 4.98 Å². The molecule has 2 nitrogen and oxygen atoms in total. The fourth-order valence-electron chi connectivity index (χ4n) is 2.06. The van der Waals surface area contributed by atoms with Gasteiger partial charge in [0.15, 0.2) is 0 Å². The Morgan fingerprint density at radius 1 is 1.36 bits per heavy atom. The third-order valence-electron chi connectivity index (χ3n) is 2.80. The lowest BCUT2D eigenvalue weighted by Crippen LogP contribution is -2.03. The summed E-state index contributed by atoms with van der Waals surface area (Å²) >= 11 is 5.32. The van der Waals surface area contributed by atoms with E-state index in [1.54, 1.807) is 11.3 Å². The topological polar surface area (TPSA) is 38.9 Å². The minimum absolute atomic E-state index is 0.565. The monoisotopic (exact) mass is 274 g/mol. The Kier molecular flexibility index (Phi) is 3.57. The predicted molar refractivity (Wildman–Crippen MR) is 63.5 cm³/mol. The fraction of sp³-hybridized carbons (Fsp3) is 0.700. The first-order chi connectivity index (χ1) is 6.81. The summed E-state index contributed by atoms with van der Waals surface area (Å²) in [6.07, 6.45) is 6.78. The van der Waals surface area contributed by atoms with Crippen LogP contribution in [0.4, 0.5) is 0 Å². The van der Waals surface area contributed by atoms with Crippen LogP contribution in [0.2, 0.25) is 0 Å². The SMILES string of the molecule is NCc1nc(Br)c(C2CCCCC2)s1. The Bertz CT molecular complexity index is 305. The maximum atomic E-state index is 5.59. The molecule has 0 aliphatic heterocycles. The molecule has 0 radical (unpaired) electrons. The Labute approximate surface area is 97.0 Å². The minimum atomic E-state index is 0.565. The maximum Gasteiger partial charge on any atom is 0.120 e. The summed E-state index contributed by atoms with van der Waals surface area (Å²) in [5, 5.41) is 1.05. The summed E-state index contributed by atoms with van der Waals surface area (Å²) in [6, 6.07) is 0. The van der Waals surface area contributed by atoms with Crippen LogP contribution < -0.4 is 5.73 Å². The molecule has 1 heterocycles. The van der Waals surface area contributed by atoms with Gasteiger partial charge in [0, 0.05) is 11.4 Å². The highest BCUT2D eigenvalue weighted by molar-refractivity contribution is 9.10. The smallest absolute Gasteiger partial charge is 0.120 e. The van der Waals surface area contributed by atoms with Crippen molar-refractivity contribution in [2.75, 3.05) is 0 Å². The summed E-state index contributed by atoms with van der Waals surface area (Å²) in [6.45, 7) is 0.565. The summed E-state index contributed by atoms with van der Waals surface area (Å²) in [4.78, 5) is 5.84. The van der Waals surface area contributed by atoms with Gasteiger partial charge in [0.25, 0.3) is 0 Å². The fourth-order valence-corrected chi connectivity index (χ4v) is 3.96. The minimum Gasteiger partial charge on any atom is -0.325 e. The van der Waals surface area contributed by atoms with Crippen LogP contribution in [0.25, 0.3) is 0 Å². The second-order valence-corrected chi connectivity index (χ2v) is 5.67. The number of hydrogen-bond donors (Lipinski definition) is 1. The Hall–Kier alpha value is 0.0700. The van der Waals surface area contributed by atoms with Crippen LogP contribution in [0.3, 0.4) is 0 Å². The molecular formula is C10H15BrN2S. The molecule has 1 fully saturated rings. The van der Waals surface area contributed by atoms with Crippen LogP contribution in [0, 0.1) is 0 Å². The molecule has 14 heavy (non-hydrogen) atoms. The molecular weight excluding hydrogens is 260 g/mol. The Balaban J connectivity index is 2.17. The first-order valence-electron chi connectivity index (χ1n) is 5.16. The van der Waals surface area contributed by atoms with Crippen molar-refractivity contribution in [3.8, 4) is 0 Å². The molecule has 0 unspecified atom stereocenters. The van der Waals surface area contributed by atoms with Gasteiger partial charge in [-0.1, -0.05) is 19.3 Å². The average molecular weight is 275 g/mol. The zero-order valence-corrected chi connectivity index (χ0v) is 10.5. The molecule has 4 heteroatoms. The molecule has 0 bridgehead atoms. The van der Waals surface area contributed by atoms with E-state index < -0.39 is 0 Å². The van der Waals surface area contributed by atoms with Crippen LogP contribution in [0.5, 0.6) is 0 Å². The second kappa shape index (κ2) is 4.73. The number of aromatic nitrogens is 1. The summed E-state index contributed by atoms with van der Waals surface area (Å²) in [5.74, 6) is 0.732. The largest absolute Gasteiger partial charge is 0.325 e. The van der Waals surface area contributed by atoms with E-state index in [2.05, 4.69) is 20.9 Å². The first-order valence-corrected chi connectivity index (χ1v) is 6.77. The number of rotatable bonds is 2. The van der Waals surface area contributed by atoms with Crippen molar-refractivity contribution in [3.63, 3.8) is 0 Å². The van der Waals surface area contributed by atoms with E-state index in [0.29, 0.717) is 6.54 Å². The zero-order valence-electron chi connectivity index (χ0n) is 8.13. The van der Waals surface area contributed by atoms with Gasteiger partial charge in [-0.05, 0) is 34.7 Å². The van der Waals surface area contributed by atoms with Gasteiger partial charge in [-0.3, -0.25) is 0 Å². The summed E-state index contributed by atoms with van der Waals surface area (Å²) < 4.78 is 1.04. The number of nitrogens with zero attached hydrogens (tertiary/aromatic N) is 1. The van der Waals surface area contributed by atoms with Gasteiger partial charge in [-0.25, -0.2) is 4.98 Å². The lowest BCUT2D eigenvalue weighted by Gasteiger charge is -2.20. The van der Waals surface area contributed by atoms with Crippen molar-refractivity contribution >= 4 is 27.3 Å². The Morgan fingerprint density at radius 2 is 2.07 bits per heavy atom. The van der Waals surface area contributed by atoms with Gasteiger partial charge in [0.05, 0.1) is 0 Å². The molecule has 1 aromatic rings. The number of halogens is 1. The highest BCUT2D eigenvalue weighted by atomic mass is 79.9. The zero-order chi connectivity index (χ0) is 9.97. The third-order valence-corrected chi connectivity index (χ3v) is 4.91. The van der Waals surface area contributed by atoms with E-state index in [9.17, 15) is 0 Å². The first kappa shape index (κ1) is 10.6. The molecule has 0 saturated heterocycles. The number of hydrogen-bond acceptors (Lipinski definition) is 3. The second-order valence-electron chi connectivity index (χ2n) is 3.80. The van der Waals surface area contributed by atoms with Crippen LogP contribution in [0.15, 0.2) is 4.60 Å². The van der Waals surface area contributed by atoms with Crippen molar-refractivity contribution < 1.29 is 0 Å². The van der Waals surface area contributed by atoms with Crippen molar-refractivity contribution in [1.29, 1.82) is 0 Å². The maximum absolute atomic E-state index is 5.59. The van der Waals surface area contributed by atoms with E-state index in [0.717, 1.165) is 15.5 Å². The van der Waals surface area contributed by atoms with Gasteiger partial charge in [0.2, 0.25) is 0 Å². The van der Waals surface area contributed by atoms with Crippen LogP contribution in [0.1, 0.15) is 47.9 Å². The molecule has 1 saturated carbocycles. The molecule has 1 aliphatic carbocycles. The molecule has 1 aliphatic rings. The number of nitrogens with two attached hydrogens (primary N) is 1. The van der Waals surface area contributed by atoms with Crippen LogP contribution >= 0.6 is 27.3 Å². The molecule has 1 aromatic heterocycles. The predicted octanol–water partition coefficient (Wildman–Crippen LogP) is 3.41. The number of thiazole rings is 1. The van der Waals surface area contributed by atoms with E-state index >= 15 is 0 Å². The molecule has 78 valence electrons. The van der Waals surface area contributed by atoms with E-state index in [4.69, 9.17) is 5.73 Å². The quantitative estimate of drug-likeness (QED) is 0.898. The highest BCUT2D eigenvalue weighted by Crippen LogP contribution is 2.39. The molecule has 0 spiro atoms. The highest BCUT2D eigenvalue weighted by Gasteiger charge is 2.20. The van der Waals surface area contributed by atoms with Crippen LogP contribution in [-0.2, 0) is 6.54 Å². The van der Waals surface area contributed by atoms with Crippen molar-refractivity contribution in [2.24, 2.45) is 5.73 Å². The van der Waals surface area contributed by atoms with Gasteiger partial charge >= 0.3 is 0 Å². The van der Waals surface area contributed by atoms with Gasteiger partial charge in [0.1, 0.15) is 9.61 Å². The molecule has 0 amide bonds. The van der Waals surface area contributed by atoms with Gasteiger partial charge in [-0.15, -0.1) is 11.3 Å². The van der Waals surface area contributed by atoms with Crippen LogP contribution in [-0.4, -0.2) is 4.98 Å². The molecule has 0 aromatic carbocycles. The van der Waals surface area contributed by atoms with E-state index in [1.807, 2.05) is 0 Å². The molecule has 0 atom stereocenters. The standard InChI is InChI=1S/C10H15BrN2S/c11-10-9(14-8(6-12)13-10)7-4-2-1-3-5-7/h7H,1-6,12H2. The van der Waals surface area contributed by atoms with E-state index in [1.165, 1.54) is 37.0 Å². The molecule has 2 N–H and O–H groups in total. The van der Waals surface area contributed by atoms with Crippen molar-refractivity contribution in [3.05, 3.63) is 14.5 Å². The van der Waals surface area contributed by atoms with Gasteiger partial charge < -0.3 is 5.73 Å². The lowest BCUT2D eigenvalue weighted by molar-refractivity contribution is 0.447. The Morgan fingerprint density at radius 3 is 2.64 bits per heavy atom. The molecule has 2 rings (SSSR count).